The Balaban J connectivity index is 0.000000251. The Morgan fingerprint density at radius 2 is 1.64 bits per heavy atom. The van der Waals surface area contributed by atoms with Gasteiger partial charge in [0.1, 0.15) is 0 Å². The molecular weight excluding hydrogens is 320 g/mol. The van der Waals surface area contributed by atoms with Crippen LogP contribution >= 0.6 is 0 Å². The third-order valence-corrected chi connectivity index (χ3v) is 3.20. The highest BCUT2D eigenvalue weighted by atomic mass is 16.5. The van der Waals surface area contributed by atoms with Gasteiger partial charge in [0, 0.05) is 24.8 Å². The van der Waals surface area contributed by atoms with Crippen molar-refractivity contribution in [1.29, 1.82) is 0 Å². The lowest BCUT2D eigenvalue weighted by Crippen LogP contribution is -2.12. The summed E-state index contributed by atoms with van der Waals surface area (Å²) in [5.74, 6) is -0.630. The lowest BCUT2D eigenvalue weighted by atomic mass is 10.0. The second kappa shape index (κ2) is 11.7. The molecule has 0 N–H and O–H groups in total. The zero-order valence-corrected chi connectivity index (χ0v) is 14.8. The smallest absolute Gasteiger partial charge is 0.313 e. The molecule has 2 rings (SSSR count). The summed E-state index contributed by atoms with van der Waals surface area (Å²) in [6, 6.07) is 7.33. The largest absolute Gasteiger partial charge is 0.466 e. The van der Waals surface area contributed by atoms with Crippen LogP contribution in [0.5, 0.6) is 0 Å². The van der Waals surface area contributed by atoms with Gasteiger partial charge in [0.2, 0.25) is 0 Å². The Labute approximate surface area is 148 Å². The number of hydrogen-bond donors (Lipinski definition) is 0. The predicted molar refractivity (Wildman–Crippen MR) is 93.9 cm³/mol. The van der Waals surface area contributed by atoms with Gasteiger partial charge < -0.3 is 9.47 Å². The standard InChI is InChI=1S/C10H13NO2.C9H11NO2/c1-3-13-10(12)8(2)9-5-4-6-11-7-9;1-2-12-9(11)6-8-4-3-5-10-7-8/h4-8H,3H2,1-2H3;3-5,7H,2,6H2,1H3. The van der Waals surface area contributed by atoms with E-state index in [0.717, 1.165) is 11.1 Å². The molecule has 1 unspecified atom stereocenters. The zero-order valence-electron chi connectivity index (χ0n) is 14.8. The fourth-order valence-corrected chi connectivity index (χ4v) is 1.92. The van der Waals surface area contributed by atoms with Crippen LogP contribution in [0.4, 0.5) is 0 Å². The molecule has 0 amide bonds. The van der Waals surface area contributed by atoms with E-state index < -0.39 is 0 Å². The van der Waals surface area contributed by atoms with Crippen LogP contribution in [0.15, 0.2) is 49.1 Å². The molecule has 6 heteroatoms. The van der Waals surface area contributed by atoms with Crippen molar-refractivity contribution in [3.05, 3.63) is 60.2 Å². The van der Waals surface area contributed by atoms with E-state index in [-0.39, 0.29) is 17.9 Å². The van der Waals surface area contributed by atoms with Crippen molar-refractivity contribution in [3.63, 3.8) is 0 Å². The molecule has 0 aliphatic rings. The lowest BCUT2D eigenvalue weighted by molar-refractivity contribution is -0.144. The molecule has 0 bridgehead atoms. The van der Waals surface area contributed by atoms with Gasteiger partial charge in [-0.2, -0.15) is 0 Å². The average Bonchev–Trinajstić information content (AvgIpc) is 2.63. The molecule has 1 atom stereocenters. The molecule has 0 aliphatic heterocycles. The van der Waals surface area contributed by atoms with Gasteiger partial charge in [-0.1, -0.05) is 12.1 Å². The number of nitrogens with zero attached hydrogens (tertiary/aromatic N) is 2. The number of esters is 2. The van der Waals surface area contributed by atoms with Crippen molar-refractivity contribution < 1.29 is 19.1 Å². The van der Waals surface area contributed by atoms with Crippen LogP contribution < -0.4 is 0 Å². The highest BCUT2D eigenvalue weighted by Crippen LogP contribution is 2.14. The Kier molecular flexibility index (Phi) is 9.51. The van der Waals surface area contributed by atoms with Crippen molar-refractivity contribution in [3.8, 4) is 0 Å². The van der Waals surface area contributed by atoms with Gasteiger partial charge in [-0.05, 0) is 44.0 Å². The van der Waals surface area contributed by atoms with E-state index in [1.54, 1.807) is 44.7 Å². The maximum absolute atomic E-state index is 11.3. The highest BCUT2D eigenvalue weighted by Gasteiger charge is 2.15. The summed E-state index contributed by atoms with van der Waals surface area (Å²) in [7, 11) is 0. The van der Waals surface area contributed by atoms with E-state index in [1.807, 2.05) is 25.1 Å². The maximum atomic E-state index is 11.3. The zero-order chi connectivity index (χ0) is 18.5. The molecule has 0 aromatic carbocycles. The minimum absolute atomic E-state index is 0.199. The van der Waals surface area contributed by atoms with Crippen molar-refractivity contribution in [2.45, 2.75) is 33.1 Å². The molecule has 2 heterocycles. The van der Waals surface area contributed by atoms with Gasteiger partial charge in [0.05, 0.1) is 25.6 Å². The van der Waals surface area contributed by atoms with E-state index in [4.69, 9.17) is 9.47 Å². The highest BCUT2D eigenvalue weighted by molar-refractivity contribution is 5.77. The summed E-state index contributed by atoms with van der Waals surface area (Å²) in [4.78, 5) is 30.1. The Morgan fingerprint density at radius 1 is 1.00 bits per heavy atom. The monoisotopic (exact) mass is 344 g/mol. The molecule has 0 saturated heterocycles. The van der Waals surface area contributed by atoms with Crippen LogP contribution in [-0.4, -0.2) is 35.1 Å². The molecule has 0 aliphatic carbocycles. The van der Waals surface area contributed by atoms with E-state index in [1.165, 1.54) is 0 Å². The predicted octanol–water partition coefficient (Wildman–Crippen LogP) is 2.94. The van der Waals surface area contributed by atoms with Gasteiger partial charge in [-0.3, -0.25) is 19.6 Å². The molecule has 0 saturated carbocycles. The summed E-state index contributed by atoms with van der Waals surface area (Å²) in [5.41, 5.74) is 1.77. The molecule has 25 heavy (non-hydrogen) atoms. The van der Waals surface area contributed by atoms with Crippen molar-refractivity contribution in [1.82, 2.24) is 9.97 Å². The van der Waals surface area contributed by atoms with Crippen LogP contribution in [0.25, 0.3) is 0 Å². The SMILES string of the molecule is CCOC(=O)C(C)c1cccnc1.CCOC(=O)Cc1cccnc1. The summed E-state index contributed by atoms with van der Waals surface area (Å²) in [6.45, 7) is 6.26. The number of rotatable bonds is 6. The van der Waals surface area contributed by atoms with E-state index in [2.05, 4.69) is 9.97 Å². The first-order chi connectivity index (χ1) is 12.1. The topological polar surface area (TPSA) is 78.4 Å². The van der Waals surface area contributed by atoms with E-state index >= 15 is 0 Å². The number of pyridine rings is 2. The molecule has 2 aromatic rings. The van der Waals surface area contributed by atoms with Crippen LogP contribution in [-0.2, 0) is 25.5 Å². The Bertz CT molecular complexity index is 632. The molecule has 0 spiro atoms. The number of aromatic nitrogens is 2. The van der Waals surface area contributed by atoms with Crippen LogP contribution in [0, 0.1) is 0 Å². The fourth-order valence-electron chi connectivity index (χ4n) is 1.92. The van der Waals surface area contributed by atoms with Crippen LogP contribution in [0.3, 0.4) is 0 Å². The number of ether oxygens (including phenoxy) is 2. The minimum Gasteiger partial charge on any atom is -0.466 e. The number of hydrogen-bond acceptors (Lipinski definition) is 6. The van der Waals surface area contributed by atoms with Crippen LogP contribution in [0.2, 0.25) is 0 Å². The molecule has 134 valence electrons. The normalized spacial score (nSPS) is 10.8. The molecule has 0 radical (unpaired) electrons. The van der Waals surface area contributed by atoms with Crippen molar-refractivity contribution in [2.24, 2.45) is 0 Å². The maximum Gasteiger partial charge on any atom is 0.313 e. The summed E-state index contributed by atoms with van der Waals surface area (Å²) in [6.07, 6.45) is 7.01. The Morgan fingerprint density at radius 3 is 2.16 bits per heavy atom. The van der Waals surface area contributed by atoms with Gasteiger partial charge in [-0.15, -0.1) is 0 Å². The first kappa shape index (κ1) is 20.3. The minimum atomic E-state index is -0.228. The third kappa shape index (κ3) is 8.06. The van der Waals surface area contributed by atoms with E-state index in [9.17, 15) is 9.59 Å². The summed E-state index contributed by atoms with van der Waals surface area (Å²) >= 11 is 0. The molecule has 6 nitrogen and oxygen atoms in total. The first-order valence-corrected chi connectivity index (χ1v) is 8.19. The third-order valence-electron chi connectivity index (χ3n) is 3.20. The number of carbonyl (C=O) groups excluding carboxylic acids is 2. The second-order valence-corrected chi connectivity index (χ2v) is 5.10. The van der Waals surface area contributed by atoms with E-state index in [0.29, 0.717) is 19.6 Å². The quantitative estimate of drug-likeness (QED) is 0.750. The molecule has 2 aromatic heterocycles. The average molecular weight is 344 g/mol. The summed E-state index contributed by atoms with van der Waals surface area (Å²) < 4.78 is 9.67. The van der Waals surface area contributed by atoms with Crippen molar-refractivity contribution >= 4 is 11.9 Å². The van der Waals surface area contributed by atoms with Crippen LogP contribution in [0.1, 0.15) is 37.8 Å². The molecule has 0 fully saturated rings. The van der Waals surface area contributed by atoms with Gasteiger partial charge >= 0.3 is 11.9 Å². The Hall–Kier alpha value is -2.76. The second-order valence-electron chi connectivity index (χ2n) is 5.10. The van der Waals surface area contributed by atoms with Gasteiger partial charge in [-0.25, -0.2) is 0 Å². The molecular formula is C19H24N2O4. The van der Waals surface area contributed by atoms with Gasteiger partial charge in [0.15, 0.2) is 0 Å². The summed E-state index contributed by atoms with van der Waals surface area (Å²) in [5, 5.41) is 0. The van der Waals surface area contributed by atoms with Crippen molar-refractivity contribution in [2.75, 3.05) is 13.2 Å². The lowest BCUT2D eigenvalue weighted by Gasteiger charge is -2.09. The van der Waals surface area contributed by atoms with Gasteiger partial charge in [0.25, 0.3) is 0 Å². The fraction of sp³-hybridized carbons (Fsp3) is 0.368. The number of carbonyl (C=O) groups is 2. The first-order valence-electron chi connectivity index (χ1n) is 8.19.